The smallest absolute Gasteiger partial charge is 0.303 e. The van der Waals surface area contributed by atoms with Crippen LogP contribution in [0.4, 0.5) is 0 Å². The van der Waals surface area contributed by atoms with Gasteiger partial charge in [0.1, 0.15) is 0 Å². The topological polar surface area (TPSA) is 92.4 Å². The number of fused-ring (bicyclic) bond motifs is 1. The minimum Gasteiger partial charge on any atom is -0.481 e. The van der Waals surface area contributed by atoms with Crippen LogP contribution >= 0.6 is 0 Å². The van der Waals surface area contributed by atoms with Gasteiger partial charge in [-0.2, -0.15) is 0 Å². The summed E-state index contributed by atoms with van der Waals surface area (Å²) in [4.78, 5) is 22.6. The van der Waals surface area contributed by atoms with Crippen LogP contribution in [0, 0.1) is 17.3 Å². The highest BCUT2D eigenvalue weighted by molar-refractivity contribution is 5.88. The second kappa shape index (κ2) is 8.67. The maximum absolute atomic E-state index is 12.2. The van der Waals surface area contributed by atoms with Gasteiger partial charge in [0.2, 0.25) is 5.91 Å². The van der Waals surface area contributed by atoms with Crippen molar-refractivity contribution in [3.63, 3.8) is 0 Å². The molecule has 0 saturated heterocycles. The van der Waals surface area contributed by atoms with E-state index >= 15 is 0 Å². The summed E-state index contributed by atoms with van der Waals surface area (Å²) in [6.07, 6.45) is 11.2. The van der Waals surface area contributed by atoms with E-state index in [1.54, 1.807) is 0 Å². The molecule has 132 valence electrons. The normalized spacial score (nSPS) is 27.3. The highest BCUT2D eigenvalue weighted by Gasteiger charge is 2.79. The number of carbonyl (C=O) groups excluding carboxylic acids is 1. The summed E-state index contributed by atoms with van der Waals surface area (Å²) in [6, 6.07) is 0. The molecule has 0 aromatic carbocycles. The lowest BCUT2D eigenvalue weighted by Gasteiger charge is -2.20. The van der Waals surface area contributed by atoms with E-state index in [4.69, 9.17) is 10.8 Å². The molecule has 2 fully saturated rings. The molecule has 23 heavy (non-hydrogen) atoms. The van der Waals surface area contributed by atoms with Crippen LogP contribution in [0.25, 0.3) is 0 Å². The number of amides is 1. The molecule has 2 unspecified atom stereocenters. The Hall–Kier alpha value is -1.10. The number of nitrogens with two attached hydrogens (primary N) is 1. The van der Waals surface area contributed by atoms with E-state index in [1.807, 2.05) is 0 Å². The zero-order valence-corrected chi connectivity index (χ0v) is 14.2. The van der Waals surface area contributed by atoms with Crippen LogP contribution in [-0.2, 0) is 9.59 Å². The molecular weight excluding hydrogens is 292 g/mol. The fourth-order valence-corrected chi connectivity index (χ4v) is 3.95. The minimum absolute atomic E-state index is 0.0648. The highest BCUT2D eigenvalue weighted by Crippen LogP contribution is 2.79. The molecule has 4 N–H and O–H groups in total. The monoisotopic (exact) mass is 324 g/mol. The van der Waals surface area contributed by atoms with Crippen LogP contribution in [0.3, 0.4) is 0 Å². The summed E-state index contributed by atoms with van der Waals surface area (Å²) in [5.74, 6) is 0.853. The molecule has 2 saturated carbocycles. The molecule has 2 aliphatic carbocycles. The molecule has 0 aromatic heterocycles. The van der Waals surface area contributed by atoms with Gasteiger partial charge in [-0.1, -0.05) is 38.5 Å². The lowest BCUT2D eigenvalue weighted by molar-refractivity contribution is -0.137. The molecule has 5 nitrogen and oxygen atoms in total. The Morgan fingerprint density at radius 3 is 2.04 bits per heavy atom. The first kappa shape index (κ1) is 18.2. The molecule has 1 amide bonds. The van der Waals surface area contributed by atoms with Gasteiger partial charge in [-0.05, 0) is 44.1 Å². The Bertz CT molecular complexity index is 403. The van der Waals surface area contributed by atoms with Gasteiger partial charge in [-0.15, -0.1) is 0 Å². The number of aliphatic carboxylic acids is 1. The van der Waals surface area contributed by atoms with Gasteiger partial charge >= 0.3 is 5.97 Å². The highest BCUT2D eigenvalue weighted by atomic mass is 16.4. The summed E-state index contributed by atoms with van der Waals surface area (Å²) < 4.78 is 0. The Morgan fingerprint density at radius 2 is 1.57 bits per heavy atom. The van der Waals surface area contributed by atoms with Gasteiger partial charge in [-0.25, -0.2) is 0 Å². The number of carbonyl (C=O) groups is 2. The number of unbranched alkanes of at least 4 members (excludes halogenated alkanes) is 7. The van der Waals surface area contributed by atoms with Gasteiger partial charge in [-0.3, -0.25) is 9.59 Å². The van der Waals surface area contributed by atoms with E-state index in [9.17, 15) is 9.59 Å². The average Bonchev–Trinajstić information content (AvgIpc) is 3.40. The van der Waals surface area contributed by atoms with Crippen molar-refractivity contribution in [2.75, 3.05) is 13.1 Å². The number of carboxylic acids is 1. The van der Waals surface area contributed by atoms with E-state index in [2.05, 4.69) is 5.32 Å². The molecule has 0 aliphatic heterocycles. The van der Waals surface area contributed by atoms with Crippen LogP contribution < -0.4 is 11.1 Å². The third-order valence-electron chi connectivity index (χ3n) is 5.59. The first-order valence-electron chi connectivity index (χ1n) is 9.33. The number of hydrogen-bond donors (Lipinski definition) is 3. The van der Waals surface area contributed by atoms with Crippen LogP contribution in [0.5, 0.6) is 0 Å². The molecule has 2 aliphatic rings. The van der Waals surface area contributed by atoms with Gasteiger partial charge in [0.25, 0.3) is 0 Å². The van der Waals surface area contributed by atoms with Crippen molar-refractivity contribution in [2.24, 2.45) is 23.0 Å². The van der Waals surface area contributed by atoms with Crippen LogP contribution in [-0.4, -0.2) is 30.1 Å². The lowest BCUT2D eigenvalue weighted by Crippen LogP contribution is -2.38. The van der Waals surface area contributed by atoms with E-state index in [-0.39, 0.29) is 11.3 Å². The maximum Gasteiger partial charge on any atom is 0.303 e. The molecule has 2 atom stereocenters. The van der Waals surface area contributed by atoms with Crippen molar-refractivity contribution in [3.8, 4) is 0 Å². The summed E-state index contributed by atoms with van der Waals surface area (Å²) in [7, 11) is 0. The molecule has 0 spiro atoms. The summed E-state index contributed by atoms with van der Waals surface area (Å²) >= 11 is 0. The Morgan fingerprint density at radius 1 is 1.00 bits per heavy atom. The Labute approximate surface area is 139 Å². The quantitative estimate of drug-likeness (QED) is 0.428. The molecule has 0 heterocycles. The zero-order chi connectivity index (χ0) is 16.7. The predicted molar refractivity (Wildman–Crippen MR) is 89.9 cm³/mol. The average molecular weight is 324 g/mol. The van der Waals surface area contributed by atoms with E-state index in [1.165, 1.54) is 25.7 Å². The lowest BCUT2D eigenvalue weighted by atomic mass is 9.89. The Balaban J connectivity index is 1.37. The van der Waals surface area contributed by atoms with Gasteiger partial charge in [0.15, 0.2) is 0 Å². The number of carboxylic acid groups (broad SMARTS) is 1. The van der Waals surface area contributed by atoms with Crippen molar-refractivity contribution in [3.05, 3.63) is 0 Å². The molecule has 0 bridgehead atoms. The molecule has 2 rings (SSSR count). The second-order valence-electron chi connectivity index (χ2n) is 7.26. The number of nitrogens with one attached hydrogen (secondary N) is 1. The van der Waals surface area contributed by atoms with Crippen LogP contribution in [0.2, 0.25) is 0 Å². The van der Waals surface area contributed by atoms with Crippen molar-refractivity contribution < 1.29 is 14.7 Å². The summed E-state index contributed by atoms with van der Waals surface area (Å²) in [6.45, 7) is 1.41. The van der Waals surface area contributed by atoms with Gasteiger partial charge in [0.05, 0.1) is 5.41 Å². The fourth-order valence-electron chi connectivity index (χ4n) is 3.95. The molecule has 0 radical (unpaired) electrons. The largest absolute Gasteiger partial charge is 0.481 e. The third-order valence-corrected chi connectivity index (χ3v) is 5.59. The zero-order valence-electron chi connectivity index (χ0n) is 14.2. The van der Waals surface area contributed by atoms with E-state index < -0.39 is 5.97 Å². The van der Waals surface area contributed by atoms with E-state index in [0.29, 0.717) is 24.8 Å². The second-order valence-corrected chi connectivity index (χ2v) is 7.26. The van der Waals surface area contributed by atoms with Crippen molar-refractivity contribution in [1.29, 1.82) is 0 Å². The standard InChI is InChI=1S/C18H32N2O3/c19-11-10-18(14-13-15(14)18)17(23)20-12-8-6-4-2-1-3-5-7-9-16(21)22/h14-15H,1-13,19H2,(H,20,23)(H,21,22). The predicted octanol–water partition coefficient (Wildman–Crippen LogP) is 2.68. The van der Waals surface area contributed by atoms with Crippen LogP contribution in [0.15, 0.2) is 0 Å². The Kier molecular flexibility index (Phi) is 6.88. The third kappa shape index (κ3) is 4.93. The van der Waals surface area contributed by atoms with Crippen molar-refractivity contribution in [1.82, 2.24) is 5.32 Å². The van der Waals surface area contributed by atoms with Gasteiger partial charge < -0.3 is 16.2 Å². The molecule has 0 aromatic rings. The van der Waals surface area contributed by atoms with Crippen molar-refractivity contribution in [2.45, 2.75) is 70.6 Å². The first-order chi connectivity index (χ1) is 11.1. The molecular formula is C18H32N2O3. The first-order valence-corrected chi connectivity index (χ1v) is 9.33. The summed E-state index contributed by atoms with van der Waals surface area (Å²) in [5, 5.41) is 11.7. The van der Waals surface area contributed by atoms with Gasteiger partial charge in [0, 0.05) is 13.0 Å². The number of rotatable bonds is 14. The maximum atomic E-state index is 12.2. The molecule has 5 heteroatoms. The SMILES string of the molecule is NCCC1(C(=O)NCCCCCCCCCCC(=O)O)C2CC21. The fraction of sp³-hybridized carbons (Fsp3) is 0.889. The summed E-state index contributed by atoms with van der Waals surface area (Å²) in [5.41, 5.74) is 5.57. The van der Waals surface area contributed by atoms with Crippen LogP contribution in [0.1, 0.15) is 70.6 Å². The van der Waals surface area contributed by atoms with E-state index in [0.717, 1.165) is 45.1 Å². The number of hydrogen-bond acceptors (Lipinski definition) is 3. The van der Waals surface area contributed by atoms with Crippen molar-refractivity contribution >= 4 is 11.9 Å². The minimum atomic E-state index is -0.691.